The van der Waals surface area contributed by atoms with Gasteiger partial charge in [0.15, 0.2) is 0 Å². The number of azide groups is 1. The summed E-state index contributed by atoms with van der Waals surface area (Å²) in [6.45, 7) is 3.48. The summed E-state index contributed by atoms with van der Waals surface area (Å²) in [5.74, 6) is 0. The highest BCUT2D eigenvalue weighted by Gasteiger charge is 2.18. The number of nitrogens with zero attached hydrogens (tertiary/aromatic N) is 4. The van der Waals surface area contributed by atoms with Crippen molar-refractivity contribution in [2.45, 2.75) is 18.9 Å². The Labute approximate surface area is 78.3 Å². The van der Waals surface area contributed by atoms with Gasteiger partial charge in [0.2, 0.25) is 0 Å². The highest BCUT2D eigenvalue weighted by Crippen LogP contribution is 2.11. The zero-order valence-corrected chi connectivity index (χ0v) is 8.02. The second-order valence-corrected chi connectivity index (χ2v) is 3.26. The quantitative estimate of drug-likeness (QED) is 0.376. The number of hydrogen-bond donors (Lipinski definition) is 0. The maximum atomic E-state index is 8.11. The molecule has 0 saturated carbocycles. The summed E-state index contributed by atoms with van der Waals surface area (Å²) in [6, 6.07) is 0. The van der Waals surface area contributed by atoms with E-state index in [0.29, 0.717) is 12.6 Å². The Kier molecular flexibility index (Phi) is 4.60. The number of likely N-dealkylation sites (tertiary alicyclic amines) is 1. The predicted molar refractivity (Wildman–Crippen MR) is 50.5 cm³/mol. The lowest BCUT2D eigenvalue weighted by Crippen LogP contribution is -2.40. The van der Waals surface area contributed by atoms with Gasteiger partial charge in [-0.25, -0.2) is 0 Å². The van der Waals surface area contributed by atoms with Crippen molar-refractivity contribution in [2.75, 3.05) is 33.3 Å². The molecule has 5 nitrogen and oxygen atoms in total. The largest absolute Gasteiger partial charge is 0.380 e. The second kappa shape index (κ2) is 5.80. The number of hydrogen-bond acceptors (Lipinski definition) is 3. The minimum absolute atomic E-state index is 0.361. The van der Waals surface area contributed by atoms with Gasteiger partial charge in [-0.05, 0) is 24.9 Å². The Morgan fingerprint density at radius 2 is 2.54 bits per heavy atom. The number of ether oxygens (including phenoxy) is 1. The minimum Gasteiger partial charge on any atom is -0.380 e. The average molecular weight is 184 g/mol. The molecule has 1 saturated heterocycles. The van der Waals surface area contributed by atoms with Gasteiger partial charge < -0.3 is 9.64 Å². The SMILES string of the molecule is COC1CCCN(CCN=[N+]=[N-])C1. The summed E-state index contributed by atoms with van der Waals surface area (Å²) in [6.07, 6.45) is 2.68. The van der Waals surface area contributed by atoms with E-state index in [-0.39, 0.29) is 0 Å². The summed E-state index contributed by atoms with van der Waals surface area (Å²) in [7, 11) is 1.75. The van der Waals surface area contributed by atoms with Crippen LogP contribution in [-0.2, 0) is 4.74 Å². The highest BCUT2D eigenvalue weighted by molar-refractivity contribution is 4.73. The second-order valence-electron chi connectivity index (χ2n) is 3.26. The molecular weight excluding hydrogens is 168 g/mol. The van der Waals surface area contributed by atoms with E-state index in [1.807, 2.05) is 0 Å². The van der Waals surface area contributed by atoms with Crippen molar-refractivity contribution < 1.29 is 4.74 Å². The molecule has 0 aromatic carbocycles. The molecule has 0 aliphatic carbocycles. The standard InChI is InChI=1S/C8H16N4O/c1-13-8-3-2-5-12(7-8)6-4-10-11-9/h8H,2-7H2,1H3. The van der Waals surface area contributed by atoms with Crippen LogP contribution in [0.25, 0.3) is 10.4 Å². The summed E-state index contributed by atoms with van der Waals surface area (Å²) in [5, 5.41) is 3.51. The Morgan fingerprint density at radius 3 is 3.23 bits per heavy atom. The third-order valence-corrected chi connectivity index (χ3v) is 2.38. The van der Waals surface area contributed by atoms with Crippen LogP contribution >= 0.6 is 0 Å². The molecule has 1 aliphatic heterocycles. The number of methoxy groups -OCH3 is 1. The Balaban J connectivity index is 2.21. The molecule has 0 aromatic rings. The fourth-order valence-electron chi connectivity index (χ4n) is 1.64. The fourth-order valence-corrected chi connectivity index (χ4v) is 1.64. The maximum absolute atomic E-state index is 8.11. The molecule has 1 aliphatic rings. The van der Waals surface area contributed by atoms with Crippen molar-refractivity contribution in [1.82, 2.24) is 4.90 Å². The van der Waals surface area contributed by atoms with Crippen LogP contribution < -0.4 is 0 Å². The monoisotopic (exact) mass is 184 g/mol. The van der Waals surface area contributed by atoms with E-state index >= 15 is 0 Å². The van der Waals surface area contributed by atoms with Crippen molar-refractivity contribution in [3.8, 4) is 0 Å². The first-order chi connectivity index (χ1) is 6.36. The van der Waals surface area contributed by atoms with Crippen LogP contribution in [0.2, 0.25) is 0 Å². The third kappa shape index (κ3) is 3.63. The minimum atomic E-state index is 0.361. The van der Waals surface area contributed by atoms with Crippen molar-refractivity contribution in [3.05, 3.63) is 10.4 Å². The van der Waals surface area contributed by atoms with Gasteiger partial charge in [-0.3, -0.25) is 0 Å². The summed E-state index contributed by atoms with van der Waals surface area (Å²) in [4.78, 5) is 5.01. The average Bonchev–Trinajstić information content (AvgIpc) is 2.19. The molecular formula is C8H16N4O. The van der Waals surface area contributed by atoms with Gasteiger partial charge in [0.05, 0.1) is 6.10 Å². The van der Waals surface area contributed by atoms with E-state index in [1.54, 1.807) is 7.11 Å². The van der Waals surface area contributed by atoms with Crippen LogP contribution in [-0.4, -0.2) is 44.3 Å². The van der Waals surface area contributed by atoms with Gasteiger partial charge in [0.25, 0.3) is 0 Å². The van der Waals surface area contributed by atoms with Crippen LogP contribution in [0.5, 0.6) is 0 Å². The Bertz CT molecular complexity index is 191. The van der Waals surface area contributed by atoms with Crippen LogP contribution in [0, 0.1) is 0 Å². The lowest BCUT2D eigenvalue weighted by molar-refractivity contribution is 0.0326. The first-order valence-corrected chi connectivity index (χ1v) is 4.63. The van der Waals surface area contributed by atoms with E-state index in [9.17, 15) is 0 Å². The van der Waals surface area contributed by atoms with Gasteiger partial charge in [0.1, 0.15) is 0 Å². The van der Waals surface area contributed by atoms with Crippen LogP contribution in [0.3, 0.4) is 0 Å². The zero-order valence-electron chi connectivity index (χ0n) is 8.02. The fraction of sp³-hybridized carbons (Fsp3) is 1.00. The first-order valence-electron chi connectivity index (χ1n) is 4.63. The number of piperidine rings is 1. The summed E-state index contributed by atoms with van der Waals surface area (Å²) in [5.41, 5.74) is 8.11. The van der Waals surface area contributed by atoms with Gasteiger partial charge in [-0.1, -0.05) is 5.11 Å². The third-order valence-electron chi connectivity index (χ3n) is 2.38. The molecule has 0 radical (unpaired) electrons. The molecule has 1 unspecified atom stereocenters. The van der Waals surface area contributed by atoms with E-state index in [2.05, 4.69) is 14.9 Å². The van der Waals surface area contributed by atoms with Crippen molar-refractivity contribution in [3.63, 3.8) is 0 Å². The zero-order chi connectivity index (χ0) is 9.52. The van der Waals surface area contributed by atoms with Crippen LogP contribution in [0.1, 0.15) is 12.8 Å². The van der Waals surface area contributed by atoms with Gasteiger partial charge in [0, 0.05) is 31.7 Å². The molecule has 0 bridgehead atoms. The molecule has 1 atom stereocenters. The molecule has 1 heterocycles. The first kappa shape index (κ1) is 10.3. The van der Waals surface area contributed by atoms with Gasteiger partial charge in [-0.2, -0.15) is 0 Å². The Morgan fingerprint density at radius 1 is 1.69 bits per heavy atom. The molecule has 74 valence electrons. The van der Waals surface area contributed by atoms with Crippen LogP contribution in [0.15, 0.2) is 5.11 Å². The van der Waals surface area contributed by atoms with E-state index in [4.69, 9.17) is 10.3 Å². The molecule has 5 heteroatoms. The van der Waals surface area contributed by atoms with E-state index in [1.165, 1.54) is 6.42 Å². The molecule has 1 fully saturated rings. The molecule has 0 N–H and O–H groups in total. The molecule has 1 rings (SSSR count). The Hall–Kier alpha value is -0.770. The van der Waals surface area contributed by atoms with E-state index in [0.717, 1.165) is 26.1 Å². The molecule has 0 spiro atoms. The van der Waals surface area contributed by atoms with Gasteiger partial charge >= 0.3 is 0 Å². The van der Waals surface area contributed by atoms with Crippen molar-refractivity contribution >= 4 is 0 Å². The topological polar surface area (TPSA) is 61.2 Å². The van der Waals surface area contributed by atoms with Crippen LogP contribution in [0.4, 0.5) is 0 Å². The van der Waals surface area contributed by atoms with Crippen molar-refractivity contribution in [1.29, 1.82) is 0 Å². The molecule has 0 amide bonds. The summed E-state index contributed by atoms with van der Waals surface area (Å²) < 4.78 is 5.28. The van der Waals surface area contributed by atoms with E-state index < -0.39 is 0 Å². The number of rotatable bonds is 4. The molecule has 0 aromatic heterocycles. The molecule has 13 heavy (non-hydrogen) atoms. The smallest absolute Gasteiger partial charge is 0.0698 e. The van der Waals surface area contributed by atoms with Gasteiger partial charge in [-0.15, -0.1) is 0 Å². The maximum Gasteiger partial charge on any atom is 0.0698 e. The highest BCUT2D eigenvalue weighted by atomic mass is 16.5. The normalized spacial score (nSPS) is 23.9. The lowest BCUT2D eigenvalue weighted by Gasteiger charge is -2.31. The van der Waals surface area contributed by atoms with Crippen molar-refractivity contribution in [2.24, 2.45) is 5.11 Å². The summed E-state index contributed by atoms with van der Waals surface area (Å²) >= 11 is 0. The predicted octanol–water partition coefficient (Wildman–Crippen LogP) is 1.41. The lowest BCUT2D eigenvalue weighted by atomic mass is 10.1.